The highest BCUT2D eigenvalue weighted by molar-refractivity contribution is 6.34. The zero-order chi connectivity index (χ0) is 24.1. The average Bonchev–Trinajstić information content (AvgIpc) is 2.73. The summed E-state index contributed by atoms with van der Waals surface area (Å²) in [7, 11) is 1.43. The highest BCUT2D eigenvalue weighted by Gasteiger charge is 2.45. The van der Waals surface area contributed by atoms with Crippen LogP contribution < -0.4 is 9.64 Å². The standard InChI is InChI=1S/C24H23ClN2O6/c1-24(2)11-18-23(20(29)12-24)15(13-4-7-19(28)21(8-13)33-3)10-22(30)26(18)17-6-5-14(27(31)32)9-16(17)25/h4-9,15,28H,10-12H2,1-3H3. The number of phenols is 1. The number of Topliss-reactive ketones (excluding diaryl/α,β-unsaturated/α-hetero) is 1. The lowest BCUT2D eigenvalue weighted by molar-refractivity contribution is -0.384. The third-order valence-corrected chi connectivity index (χ3v) is 6.43. The molecule has 0 bridgehead atoms. The summed E-state index contributed by atoms with van der Waals surface area (Å²) < 4.78 is 5.22. The highest BCUT2D eigenvalue weighted by Crippen LogP contribution is 2.49. The summed E-state index contributed by atoms with van der Waals surface area (Å²) in [5, 5.41) is 21.2. The lowest BCUT2D eigenvalue weighted by Crippen LogP contribution is -2.43. The first-order chi connectivity index (χ1) is 15.5. The van der Waals surface area contributed by atoms with Crippen molar-refractivity contribution < 1.29 is 24.4 Å². The van der Waals surface area contributed by atoms with Crippen LogP contribution in [0.5, 0.6) is 11.5 Å². The number of benzene rings is 2. The fraction of sp³-hybridized carbons (Fsp3) is 0.333. The van der Waals surface area contributed by atoms with Gasteiger partial charge < -0.3 is 9.84 Å². The molecule has 2 aliphatic rings. The normalized spacial score (nSPS) is 20.0. The van der Waals surface area contributed by atoms with Crippen molar-refractivity contribution in [3.63, 3.8) is 0 Å². The van der Waals surface area contributed by atoms with E-state index in [-0.39, 0.29) is 45.7 Å². The first kappa shape index (κ1) is 22.8. The Labute approximate surface area is 195 Å². The Hall–Kier alpha value is -3.39. The Balaban J connectivity index is 1.90. The first-order valence-electron chi connectivity index (χ1n) is 10.4. The molecule has 1 amide bonds. The third-order valence-electron chi connectivity index (χ3n) is 6.13. The molecule has 0 aromatic heterocycles. The fourth-order valence-electron chi connectivity index (χ4n) is 4.68. The van der Waals surface area contributed by atoms with Crippen LogP contribution in [-0.4, -0.2) is 28.8 Å². The Kier molecular flexibility index (Phi) is 5.66. The van der Waals surface area contributed by atoms with Crippen molar-refractivity contribution in [3.8, 4) is 11.5 Å². The van der Waals surface area contributed by atoms with Gasteiger partial charge in [0.15, 0.2) is 17.3 Å². The van der Waals surface area contributed by atoms with Crippen molar-refractivity contribution in [2.75, 3.05) is 12.0 Å². The molecule has 1 aliphatic heterocycles. The van der Waals surface area contributed by atoms with Crippen LogP contribution in [0.25, 0.3) is 0 Å². The molecule has 2 aromatic rings. The number of hydrogen-bond donors (Lipinski definition) is 1. The van der Waals surface area contributed by atoms with Crippen LogP contribution >= 0.6 is 11.6 Å². The molecule has 4 rings (SSSR count). The van der Waals surface area contributed by atoms with Crippen LogP contribution in [0.4, 0.5) is 11.4 Å². The number of ketones is 1. The number of rotatable bonds is 4. The number of amides is 1. The molecule has 1 unspecified atom stereocenters. The maximum absolute atomic E-state index is 13.5. The second-order valence-corrected chi connectivity index (χ2v) is 9.52. The number of allylic oxidation sites excluding steroid dienone is 2. The van der Waals surface area contributed by atoms with Gasteiger partial charge in [-0.2, -0.15) is 0 Å². The van der Waals surface area contributed by atoms with Gasteiger partial charge in [0.25, 0.3) is 5.69 Å². The fourth-order valence-corrected chi connectivity index (χ4v) is 4.94. The van der Waals surface area contributed by atoms with E-state index in [0.717, 1.165) is 0 Å². The van der Waals surface area contributed by atoms with E-state index in [1.54, 1.807) is 12.1 Å². The van der Waals surface area contributed by atoms with Crippen LogP contribution in [0, 0.1) is 15.5 Å². The van der Waals surface area contributed by atoms with Gasteiger partial charge in [0.05, 0.1) is 22.7 Å². The predicted octanol–water partition coefficient (Wildman–Crippen LogP) is 5.13. The summed E-state index contributed by atoms with van der Waals surface area (Å²) in [6.45, 7) is 3.92. The molecular weight excluding hydrogens is 448 g/mol. The van der Waals surface area contributed by atoms with Crippen LogP contribution in [0.15, 0.2) is 47.7 Å². The molecule has 9 heteroatoms. The zero-order valence-electron chi connectivity index (χ0n) is 18.4. The Morgan fingerprint density at radius 1 is 1.18 bits per heavy atom. The molecule has 0 radical (unpaired) electrons. The van der Waals surface area contributed by atoms with Gasteiger partial charge in [-0.15, -0.1) is 0 Å². The summed E-state index contributed by atoms with van der Waals surface area (Å²) in [5.41, 5.74) is 1.52. The van der Waals surface area contributed by atoms with E-state index in [1.165, 1.54) is 36.3 Å². The summed E-state index contributed by atoms with van der Waals surface area (Å²) >= 11 is 6.37. The van der Waals surface area contributed by atoms with Crippen LogP contribution in [0.2, 0.25) is 5.02 Å². The topological polar surface area (TPSA) is 110 Å². The number of anilines is 1. The Bertz CT molecular complexity index is 1220. The maximum Gasteiger partial charge on any atom is 0.271 e. The summed E-state index contributed by atoms with van der Waals surface area (Å²) in [5.74, 6) is -0.612. The molecule has 1 N–H and O–H groups in total. The lowest BCUT2D eigenvalue weighted by atomic mass is 9.69. The molecule has 1 atom stereocenters. The summed E-state index contributed by atoms with van der Waals surface area (Å²) in [6, 6.07) is 8.74. The van der Waals surface area contributed by atoms with Crippen LogP contribution in [0.1, 0.15) is 44.6 Å². The number of nitro benzene ring substituents is 1. The second kappa shape index (κ2) is 8.19. The molecule has 2 aromatic carbocycles. The highest BCUT2D eigenvalue weighted by atomic mass is 35.5. The number of non-ortho nitro benzene ring substituents is 1. The number of carbonyl (C=O) groups excluding carboxylic acids is 2. The SMILES string of the molecule is COc1cc(C2CC(=O)N(c3ccc([N+](=O)[O-])cc3Cl)C3=C2C(=O)CC(C)(C)C3)ccc1O. The molecule has 8 nitrogen and oxygen atoms in total. The van der Waals surface area contributed by atoms with Crippen LogP contribution in [-0.2, 0) is 9.59 Å². The van der Waals surface area contributed by atoms with Crippen molar-refractivity contribution >= 4 is 34.7 Å². The smallest absolute Gasteiger partial charge is 0.271 e. The number of ether oxygens (including phenoxy) is 1. The minimum Gasteiger partial charge on any atom is -0.504 e. The number of nitro groups is 1. The van der Waals surface area contributed by atoms with Gasteiger partial charge in [0.2, 0.25) is 5.91 Å². The van der Waals surface area contributed by atoms with E-state index in [9.17, 15) is 24.8 Å². The van der Waals surface area contributed by atoms with Gasteiger partial charge in [0.1, 0.15) is 0 Å². The number of halogens is 1. The maximum atomic E-state index is 13.5. The van der Waals surface area contributed by atoms with E-state index in [0.29, 0.717) is 35.4 Å². The van der Waals surface area contributed by atoms with Gasteiger partial charge in [-0.1, -0.05) is 31.5 Å². The van der Waals surface area contributed by atoms with Gasteiger partial charge in [-0.3, -0.25) is 24.6 Å². The molecule has 0 saturated carbocycles. The van der Waals surface area contributed by atoms with Gasteiger partial charge in [-0.05, 0) is 35.6 Å². The van der Waals surface area contributed by atoms with Crippen molar-refractivity contribution in [2.45, 2.75) is 39.0 Å². The quantitative estimate of drug-likeness (QED) is 0.490. The number of carbonyl (C=O) groups is 2. The largest absolute Gasteiger partial charge is 0.504 e. The summed E-state index contributed by atoms with van der Waals surface area (Å²) in [4.78, 5) is 38.8. The predicted molar refractivity (Wildman–Crippen MR) is 123 cm³/mol. The van der Waals surface area contributed by atoms with E-state index in [4.69, 9.17) is 16.3 Å². The zero-order valence-corrected chi connectivity index (χ0v) is 19.2. The molecule has 0 saturated heterocycles. The Morgan fingerprint density at radius 3 is 2.55 bits per heavy atom. The monoisotopic (exact) mass is 470 g/mol. The van der Waals surface area contributed by atoms with Crippen molar-refractivity contribution in [2.24, 2.45) is 5.41 Å². The average molecular weight is 471 g/mol. The molecular formula is C24H23ClN2O6. The van der Waals surface area contributed by atoms with Gasteiger partial charge in [-0.25, -0.2) is 0 Å². The third kappa shape index (κ3) is 4.06. The van der Waals surface area contributed by atoms with Gasteiger partial charge >= 0.3 is 0 Å². The molecule has 1 aliphatic carbocycles. The van der Waals surface area contributed by atoms with Gasteiger partial charge in [0, 0.05) is 42.2 Å². The molecule has 0 fully saturated rings. The molecule has 172 valence electrons. The van der Waals surface area contributed by atoms with Crippen molar-refractivity contribution in [3.05, 3.63) is 68.4 Å². The van der Waals surface area contributed by atoms with Crippen LogP contribution in [0.3, 0.4) is 0 Å². The first-order valence-corrected chi connectivity index (χ1v) is 10.8. The number of hydrogen-bond acceptors (Lipinski definition) is 6. The van der Waals surface area contributed by atoms with E-state index in [2.05, 4.69) is 0 Å². The molecule has 0 spiro atoms. The minimum atomic E-state index is -0.556. The minimum absolute atomic E-state index is 0.00620. The van der Waals surface area contributed by atoms with Crippen molar-refractivity contribution in [1.82, 2.24) is 0 Å². The molecule has 33 heavy (non-hydrogen) atoms. The van der Waals surface area contributed by atoms with E-state index < -0.39 is 10.8 Å². The number of aromatic hydroxyl groups is 1. The lowest BCUT2D eigenvalue weighted by Gasteiger charge is -2.43. The summed E-state index contributed by atoms with van der Waals surface area (Å²) in [6.07, 6.45) is 0.790. The van der Waals surface area contributed by atoms with E-state index in [1.807, 2.05) is 13.8 Å². The molecule has 1 heterocycles. The Morgan fingerprint density at radius 2 is 1.91 bits per heavy atom. The number of phenolic OH excluding ortho intramolecular Hbond substituents is 1. The second-order valence-electron chi connectivity index (χ2n) is 9.11. The van der Waals surface area contributed by atoms with E-state index >= 15 is 0 Å². The van der Waals surface area contributed by atoms with Crippen molar-refractivity contribution in [1.29, 1.82) is 0 Å². The number of methoxy groups -OCH3 is 1. The number of nitrogens with zero attached hydrogens (tertiary/aromatic N) is 2.